The summed E-state index contributed by atoms with van der Waals surface area (Å²) in [5, 5.41) is 83.3. The smallest absolute Gasteiger partial charge is 0.398 e. The molecule has 0 atom stereocenters. The lowest BCUT2D eigenvalue weighted by Gasteiger charge is -2.16. The summed E-state index contributed by atoms with van der Waals surface area (Å²) in [7, 11) is -13.9. The largest absolute Gasteiger partial charge is 0.674 e. The van der Waals surface area contributed by atoms with E-state index in [1.165, 1.54) is 13.0 Å². The number of halogens is 6. The predicted molar refractivity (Wildman–Crippen MR) is 107 cm³/mol. The highest BCUT2D eigenvalue weighted by atomic mass is 19.1. The second-order valence-electron chi connectivity index (χ2n) is 4.37. The van der Waals surface area contributed by atoms with E-state index in [-0.39, 0.29) is 0 Å². The molecule has 0 amide bonds. The summed E-state index contributed by atoms with van der Waals surface area (Å²) in [6.07, 6.45) is 5.48. The van der Waals surface area contributed by atoms with E-state index in [2.05, 4.69) is 36.2 Å². The van der Waals surface area contributed by atoms with E-state index < -0.39 is 44.4 Å². The summed E-state index contributed by atoms with van der Waals surface area (Å²) in [6, 6.07) is 0. The minimum absolute atomic E-state index is 1.06. The lowest BCUT2D eigenvalue weighted by atomic mass is 10.3. The average molecular weight is 509 g/mol. The zero-order chi connectivity index (χ0) is 28.2. The second kappa shape index (κ2) is 35.4. The SMILES string of the molecule is CCCN1C=CN(C)C1.OB(O)F.OB(O)F.OB(O)F.OB(O)F.OB(O)F.OB(O)F. The summed E-state index contributed by atoms with van der Waals surface area (Å²) in [4.78, 5) is 4.48. The molecule has 0 fully saturated rings. The maximum atomic E-state index is 10.1. The number of nitrogens with zero attached hydrogens (tertiary/aromatic N) is 2. The van der Waals surface area contributed by atoms with Crippen molar-refractivity contribution in [2.24, 2.45) is 0 Å². The van der Waals surface area contributed by atoms with Crippen molar-refractivity contribution in [2.45, 2.75) is 13.3 Å². The molecule has 1 heterocycles. The van der Waals surface area contributed by atoms with Crippen molar-refractivity contribution in [2.75, 3.05) is 20.3 Å². The molecule has 0 radical (unpaired) electrons. The molecule has 196 valence electrons. The van der Waals surface area contributed by atoms with Crippen LogP contribution in [-0.4, -0.2) is 135 Å². The highest BCUT2D eigenvalue weighted by Crippen LogP contribution is 2.02. The Labute approximate surface area is 187 Å². The third-order valence-electron chi connectivity index (χ3n) is 1.45. The van der Waals surface area contributed by atoms with Crippen LogP contribution in [0.1, 0.15) is 13.3 Å². The third-order valence-corrected chi connectivity index (χ3v) is 1.45. The molecule has 0 unspecified atom stereocenters. The van der Waals surface area contributed by atoms with Gasteiger partial charge in [0.2, 0.25) is 0 Å². The molecule has 1 rings (SSSR count). The molecular weight excluding hydrogens is 483 g/mol. The summed E-state index contributed by atoms with van der Waals surface area (Å²) in [6.45, 7) is 4.45. The second-order valence-corrected chi connectivity index (χ2v) is 4.37. The Morgan fingerprint density at radius 1 is 0.576 bits per heavy atom. The Morgan fingerprint density at radius 3 is 0.909 bits per heavy atom. The molecule has 26 heteroatoms. The van der Waals surface area contributed by atoms with Gasteiger partial charge < -0.3 is 70.1 Å². The number of rotatable bonds is 2. The van der Waals surface area contributed by atoms with Gasteiger partial charge in [-0.1, -0.05) is 6.92 Å². The molecule has 14 nitrogen and oxygen atoms in total. The molecular formula is C7H26B6F6N2O12. The Kier molecular flexibility index (Phi) is 48.7. The predicted octanol–water partition coefficient (Wildman–Crippen LogP) is -5.38. The molecule has 1 aliphatic heterocycles. The van der Waals surface area contributed by atoms with Crippen molar-refractivity contribution in [3.63, 3.8) is 0 Å². The Bertz CT molecular complexity index is 312. The topological polar surface area (TPSA) is 249 Å². The van der Waals surface area contributed by atoms with Crippen LogP contribution < -0.4 is 0 Å². The first-order chi connectivity index (χ1) is 14.7. The highest BCUT2D eigenvalue weighted by Gasteiger charge is 2.05. The summed E-state index contributed by atoms with van der Waals surface area (Å²) in [5.41, 5.74) is 0. The molecule has 1 aliphatic rings. The molecule has 12 N–H and O–H groups in total. The van der Waals surface area contributed by atoms with Crippen molar-refractivity contribution in [3.8, 4) is 0 Å². The van der Waals surface area contributed by atoms with Crippen molar-refractivity contribution in [3.05, 3.63) is 12.4 Å². The molecule has 0 saturated carbocycles. The normalized spacial score (nSPS) is 9.70. The molecule has 0 saturated heterocycles. The maximum Gasteiger partial charge on any atom is 0.674 e. The molecule has 0 aliphatic carbocycles. The van der Waals surface area contributed by atoms with E-state index in [0.717, 1.165) is 6.67 Å². The van der Waals surface area contributed by atoms with Gasteiger partial charge in [-0.2, -0.15) is 0 Å². The minimum Gasteiger partial charge on any atom is -0.398 e. The summed E-state index contributed by atoms with van der Waals surface area (Å²) >= 11 is 0. The van der Waals surface area contributed by atoms with Gasteiger partial charge in [-0.05, 0) is 6.42 Å². The van der Waals surface area contributed by atoms with E-state index in [1.54, 1.807) is 0 Å². The monoisotopic (exact) mass is 510 g/mol. The van der Waals surface area contributed by atoms with Gasteiger partial charge in [-0.15, -0.1) is 0 Å². The van der Waals surface area contributed by atoms with Gasteiger partial charge in [0, 0.05) is 26.0 Å². The zero-order valence-electron chi connectivity index (χ0n) is 17.3. The fraction of sp³-hybridized carbons (Fsp3) is 0.714. The molecule has 0 spiro atoms. The Morgan fingerprint density at radius 2 is 0.788 bits per heavy atom. The summed E-state index contributed by atoms with van der Waals surface area (Å²) in [5.74, 6) is 0. The maximum absolute atomic E-state index is 10.1. The van der Waals surface area contributed by atoms with Crippen LogP contribution in [0.25, 0.3) is 0 Å². The highest BCUT2D eigenvalue weighted by molar-refractivity contribution is 6.32. The first kappa shape index (κ1) is 45.3. The van der Waals surface area contributed by atoms with Crippen molar-refractivity contribution in [1.82, 2.24) is 9.80 Å². The van der Waals surface area contributed by atoms with E-state index in [1.807, 2.05) is 0 Å². The zero-order valence-corrected chi connectivity index (χ0v) is 17.3. The van der Waals surface area contributed by atoms with Crippen LogP contribution in [0, 0.1) is 0 Å². The van der Waals surface area contributed by atoms with Gasteiger partial charge in [-0.3, -0.25) is 25.9 Å². The van der Waals surface area contributed by atoms with Gasteiger partial charge in [-0.25, -0.2) is 0 Å². The lowest BCUT2D eigenvalue weighted by Crippen LogP contribution is -2.22. The first-order valence-electron chi connectivity index (χ1n) is 7.86. The van der Waals surface area contributed by atoms with Gasteiger partial charge in [0.15, 0.2) is 0 Å². The lowest BCUT2D eigenvalue weighted by molar-refractivity contribution is 0.297. The van der Waals surface area contributed by atoms with E-state index in [9.17, 15) is 25.9 Å². The molecule has 0 bridgehead atoms. The average Bonchev–Trinajstić information content (AvgIpc) is 2.89. The fourth-order valence-corrected chi connectivity index (χ4v) is 1.02. The fourth-order valence-electron chi connectivity index (χ4n) is 1.02. The first-order valence-corrected chi connectivity index (χ1v) is 7.86. The van der Waals surface area contributed by atoms with Crippen molar-refractivity contribution >= 4 is 44.4 Å². The molecule has 0 aromatic carbocycles. The van der Waals surface area contributed by atoms with Crippen molar-refractivity contribution in [1.29, 1.82) is 0 Å². The third kappa shape index (κ3) is 218. The Balaban J connectivity index is -0.0000000672. The quantitative estimate of drug-likeness (QED) is 0.123. The van der Waals surface area contributed by atoms with Crippen LogP contribution in [0.2, 0.25) is 0 Å². The van der Waals surface area contributed by atoms with Gasteiger partial charge in [0.05, 0.1) is 6.67 Å². The van der Waals surface area contributed by atoms with Crippen LogP contribution >= 0.6 is 0 Å². The molecule has 0 aromatic heterocycles. The standard InChI is InChI=1S/C7H14N2.6BFH2O2/c1-3-4-9-6-5-8(2)7-9;6*2-1(3)4/h5-6H,3-4,7H2,1-2H3;6*3-4H. The van der Waals surface area contributed by atoms with Gasteiger partial charge in [0.1, 0.15) is 0 Å². The van der Waals surface area contributed by atoms with Crippen LogP contribution in [0.4, 0.5) is 25.9 Å². The van der Waals surface area contributed by atoms with Crippen LogP contribution in [0.3, 0.4) is 0 Å². The van der Waals surface area contributed by atoms with E-state index >= 15 is 0 Å². The minimum atomic E-state index is -2.67. The van der Waals surface area contributed by atoms with Crippen LogP contribution in [0.5, 0.6) is 0 Å². The summed E-state index contributed by atoms with van der Waals surface area (Å²) < 4.78 is 60.7. The van der Waals surface area contributed by atoms with Crippen LogP contribution in [0.15, 0.2) is 12.4 Å². The van der Waals surface area contributed by atoms with Crippen molar-refractivity contribution < 1.29 is 86.2 Å². The number of hydrogen-bond acceptors (Lipinski definition) is 14. The van der Waals surface area contributed by atoms with Crippen LogP contribution in [-0.2, 0) is 0 Å². The molecule has 0 aromatic rings. The Hall–Kier alpha value is -1.17. The molecule has 33 heavy (non-hydrogen) atoms. The van der Waals surface area contributed by atoms with E-state index in [0.29, 0.717) is 0 Å². The van der Waals surface area contributed by atoms with Gasteiger partial charge >= 0.3 is 44.4 Å². The van der Waals surface area contributed by atoms with Gasteiger partial charge in [0.25, 0.3) is 0 Å². The number of hydrogen-bond donors (Lipinski definition) is 12. The van der Waals surface area contributed by atoms with E-state index in [4.69, 9.17) is 60.3 Å².